The maximum Gasteiger partial charge on any atom is 0.251 e. The zero-order valence-electron chi connectivity index (χ0n) is 10.6. The molecule has 2 rings (SSSR count). The number of amides is 1. The van der Waals surface area contributed by atoms with Crippen LogP contribution in [0, 0.1) is 0 Å². The van der Waals surface area contributed by atoms with Gasteiger partial charge in [-0.15, -0.1) is 0 Å². The number of likely N-dealkylation sites (N-methyl/N-ethyl adjacent to an activating group) is 1. The molecule has 0 aliphatic carbocycles. The van der Waals surface area contributed by atoms with Crippen LogP contribution in [-0.2, 0) is 9.53 Å². The number of carbonyl (C=O) groups is 1. The van der Waals surface area contributed by atoms with Crippen molar-refractivity contribution < 1.29 is 9.53 Å². The van der Waals surface area contributed by atoms with Gasteiger partial charge in [-0.3, -0.25) is 4.79 Å². The summed E-state index contributed by atoms with van der Waals surface area (Å²) in [5.41, 5.74) is 5.55. The molecular formula is C12H23N3O2. The zero-order valence-corrected chi connectivity index (χ0v) is 10.6. The molecule has 0 aromatic rings. The third-order valence-electron chi connectivity index (χ3n) is 3.78. The zero-order chi connectivity index (χ0) is 12.3. The third-order valence-corrected chi connectivity index (χ3v) is 3.78. The standard InChI is InChI=1S/C12H23N3O2/c1-2-14-5-7-15(8-6-14)12(16)11-4-3-10(9-13)17-11/h10-11H,2-9,13H2,1H3/t10-,11+/m1/s1. The van der Waals surface area contributed by atoms with Gasteiger partial charge in [0.05, 0.1) is 6.10 Å². The van der Waals surface area contributed by atoms with E-state index in [0.717, 1.165) is 45.6 Å². The van der Waals surface area contributed by atoms with E-state index < -0.39 is 0 Å². The van der Waals surface area contributed by atoms with Crippen LogP contribution in [0.5, 0.6) is 0 Å². The number of piperazine rings is 1. The normalized spacial score (nSPS) is 30.8. The molecule has 98 valence electrons. The molecule has 2 N–H and O–H groups in total. The molecule has 2 heterocycles. The molecule has 5 heteroatoms. The van der Waals surface area contributed by atoms with Crippen LogP contribution < -0.4 is 5.73 Å². The van der Waals surface area contributed by atoms with E-state index in [1.54, 1.807) is 0 Å². The molecule has 0 aromatic heterocycles. The highest BCUT2D eigenvalue weighted by Crippen LogP contribution is 2.21. The number of carbonyl (C=O) groups excluding carboxylic acids is 1. The van der Waals surface area contributed by atoms with Crippen LogP contribution in [0.1, 0.15) is 19.8 Å². The minimum atomic E-state index is -0.239. The Balaban J connectivity index is 1.81. The molecule has 2 saturated heterocycles. The number of hydrogen-bond acceptors (Lipinski definition) is 4. The van der Waals surface area contributed by atoms with Gasteiger partial charge in [-0.05, 0) is 19.4 Å². The van der Waals surface area contributed by atoms with Gasteiger partial charge in [0.2, 0.25) is 0 Å². The van der Waals surface area contributed by atoms with Gasteiger partial charge in [0.25, 0.3) is 5.91 Å². The van der Waals surface area contributed by atoms with E-state index in [-0.39, 0.29) is 18.1 Å². The van der Waals surface area contributed by atoms with E-state index in [4.69, 9.17) is 10.5 Å². The van der Waals surface area contributed by atoms with Gasteiger partial charge in [0, 0.05) is 32.7 Å². The van der Waals surface area contributed by atoms with E-state index >= 15 is 0 Å². The Hall–Kier alpha value is -0.650. The Labute approximate surface area is 103 Å². The molecule has 0 radical (unpaired) electrons. The molecule has 0 spiro atoms. The molecule has 1 amide bonds. The Morgan fingerprint density at radius 2 is 2.00 bits per heavy atom. The van der Waals surface area contributed by atoms with Gasteiger partial charge in [0.1, 0.15) is 6.10 Å². The second kappa shape index (κ2) is 5.80. The van der Waals surface area contributed by atoms with Crippen molar-refractivity contribution in [2.75, 3.05) is 39.3 Å². The van der Waals surface area contributed by atoms with Crippen LogP contribution in [0.2, 0.25) is 0 Å². The average molecular weight is 241 g/mol. The van der Waals surface area contributed by atoms with Gasteiger partial charge < -0.3 is 20.3 Å². The molecule has 2 fully saturated rings. The van der Waals surface area contributed by atoms with Crippen molar-refractivity contribution in [1.82, 2.24) is 9.80 Å². The van der Waals surface area contributed by atoms with E-state index in [2.05, 4.69) is 11.8 Å². The minimum absolute atomic E-state index is 0.0841. The summed E-state index contributed by atoms with van der Waals surface area (Å²) in [5.74, 6) is 0.164. The van der Waals surface area contributed by atoms with Crippen LogP contribution in [-0.4, -0.2) is 67.2 Å². The highest BCUT2D eigenvalue weighted by atomic mass is 16.5. The lowest BCUT2D eigenvalue weighted by Crippen LogP contribution is -2.51. The van der Waals surface area contributed by atoms with Gasteiger partial charge >= 0.3 is 0 Å². The second-order valence-corrected chi connectivity index (χ2v) is 4.82. The largest absolute Gasteiger partial charge is 0.364 e. The average Bonchev–Trinajstić information content (AvgIpc) is 2.87. The second-order valence-electron chi connectivity index (χ2n) is 4.82. The van der Waals surface area contributed by atoms with Crippen molar-refractivity contribution >= 4 is 5.91 Å². The van der Waals surface area contributed by atoms with Crippen LogP contribution in [0.3, 0.4) is 0 Å². The lowest BCUT2D eigenvalue weighted by molar-refractivity contribution is -0.144. The van der Waals surface area contributed by atoms with E-state index in [1.807, 2.05) is 4.90 Å². The lowest BCUT2D eigenvalue weighted by atomic mass is 10.1. The first-order chi connectivity index (χ1) is 8.24. The molecule has 2 atom stereocenters. The fourth-order valence-electron chi connectivity index (χ4n) is 2.55. The van der Waals surface area contributed by atoms with Crippen molar-refractivity contribution in [2.45, 2.75) is 32.0 Å². The summed E-state index contributed by atoms with van der Waals surface area (Å²) >= 11 is 0. The summed E-state index contributed by atoms with van der Waals surface area (Å²) in [6.45, 7) is 7.37. The van der Waals surface area contributed by atoms with Crippen molar-refractivity contribution in [2.24, 2.45) is 5.73 Å². The highest BCUT2D eigenvalue weighted by molar-refractivity contribution is 5.81. The molecule has 0 aromatic carbocycles. The Morgan fingerprint density at radius 1 is 1.29 bits per heavy atom. The van der Waals surface area contributed by atoms with E-state index in [0.29, 0.717) is 6.54 Å². The van der Waals surface area contributed by atoms with Gasteiger partial charge in [-0.2, -0.15) is 0 Å². The molecule has 2 aliphatic heterocycles. The number of rotatable bonds is 3. The smallest absolute Gasteiger partial charge is 0.251 e. The van der Waals surface area contributed by atoms with E-state index in [9.17, 15) is 4.79 Å². The monoisotopic (exact) mass is 241 g/mol. The van der Waals surface area contributed by atoms with Crippen molar-refractivity contribution in [3.05, 3.63) is 0 Å². The number of hydrogen-bond donors (Lipinski definition) is 1. The maximum absolute atomic E-state index is 12.2. The van der Waals surface area contributed by atoms with Crippen LogP contribution in [0.25, 0.3) is 0 Å². The minimum Gasteiger partial charge on any atom is -0.364 e. The first-order valence-electron chi connectivity index (χ1n) is 6.61. The molecule has 0 saturated carbocycles. The topological polar surface area (TPSA) is 58.8 Å². The molecule has 0 bridgehead atoms. The Kier molecular flexibility index (Phi) is 4.36. The SMILES string of the molecule is CCN1CCN(C(=O)[C@@H]2CC[C@H](CN)O2)CC1. The predicted octanol–water partition coefficient (Wildman–Crippen LogP) is -0.343. The van der Waals surface area contributed by atoms with Crippen molar-refractivity contribution in [3.8, 4) is 0 Å². The number of ether oxygens (including phenoxy) is 1. The first-order valence-corrected chi connectivity index (χ1v) is 6.61. The number of nitrogens with two attached hydrogens (primary N) is 1. The molecule has 17 heavy (non-hydrogen) atoms. The quantitative estimate of drug-likeness (QED) is 0.734. The lowest BCUT2D eigenvalue weighted by Gasteiger charge is -2.35. The molecule has 5 nitrogen and oxygen atoms in total. The highest BCUT2D eigenvalue weighted by Gasteiger charge is 2.33. The van der Waals surface area contributed by atoms with Crippen LogP contribution in [0.4, 0.5) is 0 Å². The first kappa shape index (κ1) is 12.8. The van der Waals surface area contributed by atoms with Crippen LogP contribution in [0.15, 0.2) is 0 Å². The summed E-state index contributed by atoms with van der Waals surface area (Å²) < 4.78 is 5.65. The van der Waals surface area contributed by atoms with Crippen molar-refractivity contribution in [1.29, 1.82) is 0 Å². The summed E-state index contributed by atoms with van der Waals surface area (Å²) in [7, 11) is 0. The van der Waals surface area contributed by atoms with Crippen LogP contribution >= 0.6 is 0 Å². The third kappa shape index (κ3) is 2.97. The summed E-state index contributed by atoms with van der Waals surface area (Å²) in [5, 5.41) is 0. The summed E-state index contributed by atoms with van der Waals surface area (Å²) in [4.78, 5) is 16.5. The van der Waals surface area contributed by atoms with Gasteiger partial charge in [-0.1, -0.05) is 6.92 Å². The molecule has 0 unspecified atom stereocenters. The fourth-order valence-corrected chi connectivity index (χ4v) is 2.55. The maximum atomic E-state index is 12.2. The number of nitrogens with zero attached hydrogens (tertiary/aromatic N) is 2. The predicted molar refractivity (Wildman–Crippen MR) is 65.6 cm³/mol. The van der Waals surface area contributed by atoms with Gasteiger partial charge in [0.15, 0.2) is 0 Å². The Bertz CT molecular complexity index is 264. The summed E-state index contributed by atoms with van der Waals surface area (Å²) in [6.07, 6.45) is 1.59. The van der Waals surface area contributed by atoms with E-state index in [1.165, 1.54) is 0 Å². The Morgan fingerprint density at radius 3 is 2.53 bits per heavy atom. The molecule has 2 aliphatic rings. The molecular weight excluding hydrogens is 218 g/mol. The fraction of sp³-hybridized carbons (Fsp3) is 0.917. The van der Waals surface area contributed by atoms with Crippen molar-refractivity contribution in [3.63, 3.8) is 0 Å². The van der Waals surface area contributed by atoms with Gasteiger partial charge in [-0.25, -0.2) is 0 Å². The summed E-state index contributed by atoms with van der Waals surface area (Å²) in [6, 6.07) is 0.